The van der Waals surface area contributed by atoms with Crippen LogP contribution in [0.2, 0.25) is 0 Å². The van der Waals surface area contributed by atoms with Crippen molar-refractivity contribution in [2.45, 2.75) is 10.9 Å². The Hall–Kier alpha value is -2.80. The molecule has 118 valence electrons. The molecule has 0 radical (unpaired) electrons. The van der Waals surface area contributed by atoms with Crippen molar-refractivity contribution < 1.29 is 24.7 Å². The van der Waals surface area contributed by atoms with Crippen molar-refractivity contribution in [3.8, 4) is 0 Å². The molecule has 13 heteroatoms. The summed E-state index contributed by atoms with van der Waals surface area (Å²) in [6, 6.07) is -0.261. The lowest BCUT2D eigenvalue weighted by molar-refractivity contribution is -0.407. The highest BCUT2D eigenvalue weighted by Crippen LogP contribution is 2.40. The third kappa shape index (κ3) is 3.86. The van der Waals surface area contributed by atoms with Gasteiger partial charge in [-0.3, -0.25) is 35.1 Å². The number of carboxylic acids is 1. The molecular weight excluding hydrogens is 324 g/mol. The predicted molar refractivity (Wildman–Crippen MR) is 72.7 cm³/mol. The van der Waals surface area contributed by atoms with Gasteiger partial charge in [-0.15, -0.1) is 11.8 Å². The first-order valence-electron chi connectivity index (χ1n) is 5.37. The number of nitro groups is 3. The van der Waals surface area contributed by atoms with Crippen molar-refractivity contribution in [3.05, 3.63) is 42.5 Å². The molecule has 0 heterocycles. The van der Waals surface area contributed by atoms with E-state index in [2.05, 4.69) is 0 Å². The van der Waals surface area contributed by atoms with Gasteiger partial charge >= 0.3 is 5.97 Å². The van der Waals surface area contributed by atoms with Crippen LogP contribution in [0.1, 0.15) is 0 Å². The fourth-order valence-electron chi connectivity index (χ4n) is 1.35. The van der Waals surface area contributed by atoms with Crippen LogP contribution >= 0.6 is 11.8 Å². The van der Waals surface area contributed by atoms with E-state index in [4.69, 9.17) is 10.8 Å². The molecule has 0 aliphatic rings. The van der Waals surface area contributed by atoms with Crippen molar-refractivity contribution in [1.29, 1.82) is 0 Å². The number of nitrogens with zero attached hydrogens (tertiary/aromatic N) is 3. The second-order valence-electron chi connectivity index (χ2n) is 3.84. The fourth-order valence-corrected chi connectivity index (χ4v) is 2.40. The largest absolute Gasteiger partial charge is 0.480 e. The number of carbonyl (C=O) groups is 1. The molecule has 0 spiro atoms. The molecule has 0 saturated carbocycles. The Kier molecular flexibility index (Phi) is 5.31. The summed E-state index contributed by atoms with van der Waals surface area (Å²) in [5.74, 6) is -1.77. The van der Waals surface area contributed by atoms with Crippen LogP contribution in [0.25, 0.3) is 0 Å². The Morgan fingerprint density at radius 2 is 1.59 bits per heavy atom. The van der Waals surface area contributed by atoms with Crippen molar-refractivity contribution in [2.75, 3.05) is 5.75 Å². The molecule has 1 atom stereocenters. The van der Waals surface area contributed by atoms with Crippen LogP contribution in [0.3, 0.4) is 0 Å². The van der Waals surface area contributed by atoms with Gasteiger partial charge in [-0.25, -0.2) is 0 Å². The lowest BCUT2D eigenvalue weighted by Crippen LogP contribution is -2.32. The zero-order valence-electron chi connectivity index (χ0n) is 10.6. The number of carboxylic acid groups (broad SMARTS) is 1. The molecule has 1 unspecified atom stereocenters. The van der Waals surface area contributed by atoms with E-state index >= 15 is 0 Å². The van der Waals surface area contributed by atoms with Crippen LogP contribution in [0.15, 0.2) is 17.0 Å². The lowest BCUT2D eigenvalue weighted by Gasteiger charge is -2.07. The van der Waals surface area contributed by atoms with Gasteiger partial charge in [0, 0.05) is 5.75 Å². The maximum atomic E-state index is 10.9. The SMILES string of the molecule is NC(CSc1c([N+](=O)[O-])cc([N+](=O)[O-])cc1[N+](=O)[O-])C(=O)O. The van der Waals surface area contributed by atoms with E-state index in [0.29, 0.717) is 23.9 Å². The Balaban J connectivity index is 3.38. The average molecular weight is 332 g/mol. The number of rotatable bonds is 7. The monoisotopic (exact) mass is 332 g/mol. The Morgan fingerprint density at radius 1 is 1.14 bits per heavy atom. The maximum absolute atomic E-state index is 10.9. The molecule has 1 aromatic carbocycles. The summed E-state index contributed by atoms with van der Waals surface area (Å²) in [5.41, 5.74) is 2.70. The molecule has 22 heavy (non-hydrogen) atoms. The number of thioether (sulfide) groups is 1. The molecule has 0 fully saturated rings. The van der Waals surface area contributed by atoms with Crippen molar-refractivity contribution in [1.82, 2.24) is 0 Å². The van der Waals surface area contributed by atoms with Gasteiger partial charge in [-0.05, 0) is 0 Å². The smallest absolute Gasteiger partial charge is 0.321 e. The first-order chi connectivity index (χ1) is 10.1. The van der Waals surface area contributed by atoms with Crippen LogP contribution in [0.5, 0.6) is 0 Å². The zero-order valence-corrected chi connectivity index (χ0v) is 11.4. The van der Waals surface area contributed by atoms with Gasteiger partial charge < -0.3 is 10.8 Å². The van der Waals surface area contributed by atoms with Gasteiger partial charge in [0.05, 0.1) is 26.9 Å². The molecular formula is C9H8N4O8S. The van der Waals surface area contributed by atoms with Gasteiger partial charge in [-0.1, -0.05) is 0 Å². The van der Waals surface area contributed by atoms with E-state index in [1.807, 2.05) is 0 Å². The van der Waals surface area contributed by atoms with Crippen LogP contribution in [-0.2, 0) is 4.79 Å². The minimum absolute atomic E-state index is 0.380. The van der Waals surface area contributed by atoms with Crippen LogP contribution in [-0.4, -0.2) is 37.6 Å². The van der Waals surface area contributed by atoms with Crippen LogP contribution < -0.4 is 5.73 Å². The van der Waals surface area contributed by atoms with E-state index in [0.717, 1.165) is 0 Å². The number of hydrogen-bond acceptors (Lipinski definition) is 9. The summed E-state index contributed by atoms with van der Waals surface area (Å²) >= 11 is 0.475. The Bertz CT molecular complexity index is 628. The standard InChI is InChI=1S/C9H8N4O8S/c10-5(9(14)15)3-22-8-6(12(18)19)1-4(11(16)17)2-7(8)13(20)21/h1-2,5H,3,10H2,(H,14,15). The summed E-state index contributed by atoms with van der Waals surface area (Å²) in [6.07, 6.45) is 0. The highest BCUT2D eigenvalue weighted by Gasteiger charge is 2.31. The first-order valence-corrected chi connectivity index (χ1v) is 6.36. The van der Waals surface area contributed by atoms with Crippen LogP contribution in [0, 0.1) is 30.3 Å². The zero-order chi connectivity index (χ0) is 17.0. The summed E-state index contributed by atoms with van der Waals surface area (Å²) in [5, 5.41) is 41.2. The fraction of sp³-hybridized carbons (Fsp3) is 0.222. The Morgan fingerprint density at radius 3 is 1.91 bits per heavy atom. The summed E-state index contributed by atoms with van der Waals surface area (Å²) < 4.78 is 0. The molecule has 0 saturated heterocycles. The number of hydrogen-bond donors (Lipinski definition) is 2. The molecule has 0 amide bonds. The number of nitro benzene ring substituents is 3. The molecule has 0 aliphatic heterocycles. The topological polar surface area (TPSA) is 193 Å². The molecule has 0 aliphatic carbocycles. The van der Waals surface area contributed by atoms with E-state index in [-0.39, 0.29) is 5.75 Å². The number of aliphatic carboxylic acids is 1. The number of benzene rings is 1. The van der Waals surface area contributed by atoms with E-state index in [1.54, 1.807) is 0 Å². The number of nitrogens with two attached hydrogens (primary N) is 1. The van der Waals surface area contributed by atoms with Crippen molar-refractivity contribution in [2.24, 2.45) is 5.73 Å². The van der Waals surface area contributed by atoms with Gasteiger partial charge in [0.2, 0.25) is 0 Å². The van der Waals surface area contributed by atoms with E-state index < -0.39 is 48.7 Å². The summed E-state index contributed by atoms with van der Waals surface area (Å²) in [6.45, 7) is 0. The second-order valence-corrected chi connectivity index (χ2v) is 4.87. The van der Waals surface area contributed by atoms with Gasteiger partial charge in [0.15, 0.2) is 4.90 Å². The third-order valence-electron chi connectivity index (χ3n) is 2.36. The highest BCUT2D eigenvalue weighted by molar-refractivity contribution is 7.99. The second kappa shape index (κ2) is 6.77. The predicted octanol–water partition coefficient (Wildman–Crippen LogP) is 0.915. The third-order valence-corrected chi connectivity index (χ3v) is 3.60. The number of non-ortho nitro benzene ring substituents is 1. The maximum Gasteiger partial charge on any atom is 0.321 e. The molecule has 1 rings (SSSR count). The van der Waals surface area contributed by atoms with Gasteiger partial charge in [0.1, 0.15) is 6.04 Å². The highest BCUT2D eigenvalue weighted by atomic mass is 32.2. The average Bonchev–Trinajstić information content (AvgIpc) is 2.42. The molecule has 1 aromatic rings. The van der Waals surface area contributed by atoms with Crippen molar-refractivity contribution >= 4 is 34.8 Å². The minimum Gasteiger partial charge on any atom is -0.480 e. The first kappa shape index (κ1) is 17.3. The van der Waals surface area contributed by atoms with E-state index in [9.17, 15) is 35.1 Å². The minimum atomic E-state index is -1.40. The van der Waals surface area contributed by atoms with Gasteiger partial charge in [0.25, 0.3) is 17.1 Å². The Labute approximate surface area is 125 Å². The normalized spacial score (nSPS) is 11.7. The molecule has 3 N–H and O–H groups in total. The summed E-state index contributed by atoms with van der Waals surface area (Å²) in [4.78, 5) is 39.6. The molecule has 0 aromatic heterocycles. The van der Waals surface area contributed by atoms with E-state index in [1.165, 1.54) is 0 Å². The van der Waals surface area contributed by atoms with Crippen molar-refractivity contribution in [3.63, 3.8) is 0 Å². The molecule has 12 nitrogen and oxygen atoms in total. The quantitative estimate of drug-likeness (QED) is 0.411. The lowest BCUT2D eigenvalue weighted by atomic mass is 10.2. The molecule has 0 bridgehead atoms. The summed E-state index contributed by atoms with van der Waals surface area (Å²) in [7, 11) is 0. The van der Waals surface area contributed by atoms with Gasteiger partial charge in [-0.2, -0.15) is 0 Å². The van der Waals surface area contributed by atoms with Crippen LogP contribution in [0.4, 0.5) is 17.1 Å².